The van der Waals surface area contributed by atoms with Crippen LogP contribution in [-0.4, -0.2) is 35.2 Å². The zero-order valence-electron chi connectivity index (χ0n) is 16.7. The Morgan fingerprint density at radius 1 is 0.966 bits per heavy atom. The SMILES string of the molecule is COc1ccc2cc(C(=O)NC(=O)OC(C)(C)C)n(C(=O)c3ccccc3)c2c1. The number of alkyl carbamates (subject to hydrolysis) is 1. The van der Waals surface area contributed by atoms with Crippen molar-refractivity contribution >= 4 is 28.8 Å². The molecule has 2 amide bonds. The zero-order chi connectivity index (χ0) is 21.2. The quantitative estimate of drug-likeness (QED) is 0.725. The Labute approximate surface area is 168 Å². The number of hydrogen-bond donors (Lipinski definition) is 1. The number of ether oxygens (including phenoxy) is 2. The molecule has 0 radical (unpaired) electrons. The van der Waals surface area contributed by atoms with Crippen molar-refractivity contribution in [2.45, 2.75) is 26.4 Å². The highest BCUT2D eigenvalue weighted by atomic mass is 16.6. The minimum Gasteiger partial charge on any atom is -0.497 e. The average molecular weight is 394 g/mol. The first-order chi connectivity index (χ1) is 13.7. The number of nitrogens with one attached hydrogen (secondary N) is 1. The van der Waals surface area contributed by atoms with Crippen LogP contribution in [0.3, 0.4) is 0 Å². The van der Waals surface area contributed by atoms with Crippen molar-refractivity contribution in [1.82, 2.24) is 9.88 Å². The van der Waals surface area contributed by atoms with Crippen LogP contribution in [0.1, 0.15) is 41.6 Å². The Bertz CT molecular complexity index is 1080. The molecule has 0 saturated carbocycles. The third-order valence-corrected chi connectivity index (χ3v) is 4.08. The monoisotopic (exact) mass is 394 g/mol. The van der Waals surface area contributed by atoms with Gasteiger partial charge in [0.05, 0.1) is 12.6 Å². The van der Waals surface area contributed by atoms with Gasteiger partial charge in [-0.05, 0) is 51.1 Å². The number of aromatic nitrogens is 1. The Balaban J connectivity index is 2.07. The first-order valence-corrected chi connectivity index (χ1v) is 9.03. The normalized spacial score (nSPS) is 11.2. The Morgan fingerprint density at radius 2 is 1.66 bits per heavy atom. The van der Waals surface area contributed by atoms with Crippen molar-refractivity contribution in [3.8, 4) is 5.75 Å². The lowest BCUT2D eigenvalue weighted by Crippen LogP contribution is -2.37. The molecule has 7 nitrogen and oxygen atoms in total. The van der Waals surface area contributed by atoms with Gasteiger partial charge in [0.1, 0.15) is 17.0 Å². The number of benzene rings is 2. The minimum absolute atomic E-state index is 0.0213. The molecule has 1 N–H and O–H groups in total. The maximum Gasteiger partial charge on any atom is 0.414 e. The van der Waals surface area contributed by atoms with E-state index in [4.69, 9.17) is 9.47 Å². The largest absolute Gasteiger partial charge is 0.497 e. The average Bonchev–Trinajstić information content (AvgIpc) is 3.05. The summed E-state index contributed by atoms with van der Waals surface area (Å²) in [6.07, 6.45) is -0.885. The van der Waals surface area contributed by atoms with Gasteiger partial charge in [-0.3, -0.25) is 19.5 Å². The molecule has 0 spiro atoms. The molecule has 2 aromatic carbocycles. The number of fused-ring (bicyclic) bond motifs is 1. The van der Waals surface area contributed by atoms with Crippen molar-refractivity contribution in [1.29, 1.82) is 0 Å². The van der Waals surface area contributed by atoms with Gasteiger partial charge in [0.15, 0.2) is 0 Å². The third-order valence-electron chi connectivity index (χ3n) is 4.08. The summed E-state index contributed by atoms with van der Waals surface area (Å²) >= 11 is 0. The smallest absolute Gasteiger partial charge is 0.414 e. The third kappa shape index (κ3) is 4.45. The van der Waals surface area contributed by atoms with Crippen LogP contribution in [0, 0.1) is 0 Å². The van der Waals surface area contributed by atoms with Crippen LogP contribution < -0.4 is 10.1 Å². The van der Waals surface area contributed by atoms with Gasteiger partial charge in [-0.25, -0.2) is 4.79 Å². The van der Waals surface area contributed by atoms with Gasteiger partial charge in [0.25, 0.3) is 11.8 Å². The molecule has 1 heterocycles. The van der Waals surface area contributed by atoms with Crippen LogP contribution in [0.4, 0.5) is 4.79 Å². The summed E-state index contributed by atoms with van der Waals surface area (Å²) in [5.41, 5.74) is 0.157. The lowest BCUT2D eigenvalue weighted by Gasteiger charge is -2.19. The molecule has 0 fully saturated rings. The van der Waals surface area contributed by atoms with Crippen LogP contribution >= 0.6 is 0 Å². The zero-order valence-corrected chi connectivity index (χ0v) is 16.7. The first kappa shape index (κ1) is 20.1. The van der Waals surface area contributed by atoms with Crippen LogP contribution in [0.2, 0.25) is 0 Å². The molecule has 7 heteroatoms. The van der Waals surface area contributed by atoms with Crippen molar-refractivity contribution in [2.75, 3.05) is 7.11 Å². The van der Waals surface area contributed by atoms with Crippen molar-refractivity contribution < 1.29 is 23.9 Å². The second-order valence-electron chi connectivity index (χ2n) is 7.42. The summed E-state index contributed by atoms with van der Waals surface area (Å²) < 4.78 is 11.7. The fraction of sp³-hybridized carbons (Fsp3) is 0.227. The van der Waals surface area contributed by atoms with Crippen molar-refractivity contribution in [2.24, 2.45) is 0 Å². The molecule has 0 aliphatic carbocycles. The van der Waals surface area contributed by atoms with Gasteiger partial charge in [0, 0.05) is 17.0 Å². The van der Waals surface area contributed by atoms with Crippen molar-refractivity contribution in [3.05, 3.63) is 65.9 Å². The summed E-state index contributed by atoms with van der Waals surface area (Å²) in [7, 11) is 1.52. The number of rotatable bonds is 3. The molecule has 150 valence electrons. The van der Waals surface area contributed by atoms with Gasteiger partial charge >= 0.3 is 6.09 Å². The number of carbonyl (C=O) groups excluding carboxylic acids is 3. The van der Waals surface area contributed by atoms with Crippen LogP contribution in [0.15, 0.2) is 54.6 Å². The molecule has 0 aliphatic heterocycles. The van der Waals surface area contributed by atoms with Crippen molar-refractivity contribution in [3.63, 3.8) is 0 Å². The first-order valence-electron chi connectivity index (χ1n) is 9.03. The van der Waals surface area contributed by atoms with Crippen LogP contribution in [-0.2, 0) is 4.74 Å². The Kier molecular flexibility index (Phi) is 5.41. The van der Waals surface area contributed by atoms with E-state index in [1.807, 2.05) is 0 Å². The highest BCUT2D eigenvalue weighted by Crippen LogP contribution is 2.26. The van der Waals surface area contributed by atoms with E-state index in [-0.39, 0.29) is 5.69 Å². The van der Waals surface area contributed by atoms with E-state index in [0.717, 1.165) is 0 Å². The summed E-state index contributed by atoms with van der Waals surface area (Å²) in [5, 5.41) is 2.84. The van der Waals surface area contributed by atoms with Gasteiger partial charge in [-0.1, -0.05) is 18.2 Å². The summed E-state index contributed by atoms with van der Waals surface area (Å²) in [6, 6.07) is 15.3. The highest BCUT2D eigenvalue weighted by Gasteiger charge is 2.25. The standard InChI is InChI=1S/C22H22N2O5/c1-22(2,3)29-21(27)23-19(25)18-12-15-10-11-16(28-4)13-17(15)24(18)20(26)14-8-6-5-7-9-14/h5-13H,1-4H3,(H,23,25,27). The van der Waals surface area contributed by atoms with E-state index in [1.54, 1.807) is 75.4 Å². The molecular formula is C22H22N2O5. The highest BCUT2D eigenvalue weighted by molar-refractivity contribution is 6.12. The fourth-order valence-corrected chi connectivity index (χ4v) is 2.86. The molecule has 0 bridgehead atoms. The molecule has 0 aliphatic rings. The van der Waals surface area contributed by atoms with Gasteiger partial charge < -0.3 is 9.47 Å². The molecule has 29 heavy (non-hydrogen) atoms. The summed E-state index contributed by atoms with van der Waals surface area (Å²) in [4.78, 5) is 38.0. The second kappa shape index (κ2) is 7.79. The van der Waals surface area contributed by atoms with Gasteiger partial charge in [-0.15, -0.1) is 0 Å². The van der Waals surface area contributed by atoms with E-state index < -0.39 is 23.5 Å². The number of nitrogens with zero attached hydrogens (tertiary/aromatic N) is 1. The van der Waals surface area contributed by atoms with Gasteiger partial charge in [-0.2, -0.15) is 0 Å². The molecule has 0 unspecified atom stereocenters. The van der Waals surface area contributed by atoms with Gasteiger partial charge in [0.2, 0.25) is 0 Å². The van der Waals surface area contributed by atoms with E-state index in [0.29, 0.717) is 22.2 Å². The molecule has 0 atom stereocenters. The van der Waals surface area contributed by atoms with E-state index in [1.165, 1.54) is 11.7 Å². The Morgan fingerprint density at radius 3 is 2.28 bits per heavy atom. The topological polar surface area (TPSA) is 86.6 Å². The lowest BCUT2D eigenvalue weighted by molar-refractivity contribution is 0.0505. The maximum atomic E-state index is 13.2. The van der Waals surface area contributed by atoms with E-state index >= 15 is 0 Å². The fourth-order valence-electron chi connectivity index (χ4n) is 2.86. The van der Waals surface area contributed by atoms with E-state index in [9.17, 15) is 14.4 Å². The molecule has 0 saturated heterocycles. The maximum absolute atomic E-state index is 13.2. The lowest BCUT2D eigenvalue weighted by atomic mass is 10.2. The molecule has 3 rings (SSSR count). The summed E-state index contributed by atoms with van der Waals surface area (Å²) in [5.74, 6) is -0.598. The minimum atomic E-state index is -0.885. The Hall–Kier alpha value is -3.61. The predicted molar refractivity (Wildman–Crippen MR) is 108 cm³/mol. The number of amides is 2. The second-order valence-corrected chi connectivity index (χ2v) is 7.42. The number of imide groups is 1. The summed E-state index contributed by atoms with van der Waals surface area (Å²) in [6.45, 7) is 5.08. The number of hydrogen-bond acceptors (Lipinski definition) is 5. The van der Waals surface area contributed by atoms with Crippen LogP contribution in [0.5, 0.6) is 5.75 Å². The number of carbonyl (C=O) groups is 3. The van der Waals surface area contributed by atoms with Crippen LogP contribution in [0.25, 0.3) is 10.9 Å². The molecular weight excluding hydrogens is 372 g/mol. The predicted octanol–water partition coefficient (Wildman–Crippen LogP) is 4.00. The molecule has 3 aromatic rings. The van der Waals surface area contributed by atoms with E-state index in [2.05, 4.69) is 5.32 Å². The molecule has 1 aromatic heterocycles. The number of methoxy groups -OCH3 is 1.